The lowest BCUT2D eigenvalue weighted by molar-refractivity contribution is -0.140. The molecule has 0 saturated heterocycles. The number of benzene rings is 1. The van der Waals surface area contributed by atoms with Crippen LogP contribution >= 0.6 is 11.6 Å². The molecule has 1 atom stereocenters. The molecule has 3 N–H and O–H groups in total. The summed E-state index contributed by atoms with van der Waals surface area (Å²) in [5.74, 6) is -1.27. The molecule has 1 aromatic carbocycles. The number of nitrogens with one attached hydrogen (secondary N) is 2. The Labute approximate surface area is 117 Å². The van der Waals surface area contributed by atoms with Crippen molar-refractivity contribution in [1.29, 1.82) is 0 Å². The molecule has 1 aromatic rings. The molecule has 104 valence electrons. The number of hydrogen-bond acceptors (Lipinski definition) is 2. The molecule has 0 bridgehead atoms. The second kappa shape index (κ2) is 6.43. The van der Waals surface area contributed by atoms with Gasteiger partial charge in [-0.05, 0) is 30.5 Å². The number of hydrogen-bond donors (Lipinski definition) is 3. The fraction of sp³-hybridized carbons (Fsp3) is 0.385. The Bertz CT molecular complexity index is 489. The van der Waals surface area contributed by atoms with E-state index in [9.17, 15) is 9.59 Å². The SMILES string of the molecule is Cc1c(Cl)cccc1NC(=O)N[C@H](C(=O)O)C(C)C. The third kappa shape index (κ3) is 4.13. The quantitative estimate of drug-likeness (QED) is 0.795. The van der Waals surface area contributed by atoms with E-state index in [4.69, 9.17) is 16.7 Å². The summed E-state index contributed by atoms with van der Waals surface area (Å²) in [5.41, 5.74) is 1.29. The number of urea groups is 1. The van der Waals surface area contributed by atoms with Crippen molar-refractivity contribution in [2.75, 3.05) is 5.32 Å². The van der Waals surface area contributed by atoms with Crippen LogP contribution in [0.15, 0.2) is 18.2 Å². The van der Waals surface area contributed by atoms with E-state index in [2.05, 4.69) is 10.6 Å². The van der Waals surface area contributed by atoms with Crippen LogP contribution in [0.4, 0.5) is 10.5 Å². The highest BCUT2D eigenvalue weighted by atomic mass is 35.5. The Morgan fingerprint density at radius 3 is 2.47 bits per heavy atom. The molecule has 0 unspecified atom stereocenters. The molecule has 0 aliphatic carbocycles. The molecule has 1 rings (SSSR count). The minimum atomic E-state index is -1.06. The van der Waals surface area contributed by atoms with Crippen molar-refractivity contribution in [2.45, 2.75) is 26.8 Å². The first-order valence-electron chi connectivity index (χ1n) is 5.88. The Morgan fingerprint density at radius 1 is 1.32 bits per heavy atom. The van der Waals surface area contributed by atoms with Crippen LogP contribution in [0, 0.1) is 12.8 Å². The molecular weight excluding hydrogens is 268 g/mol. The van der Waals surface area contributed by atoms with E-state index in [1.807, 2.05) is 0 Å². The standard InChI is InChI=1S/C13H17ClN2O3/c1-7(2)11(12(17)18)16-13(19)15-10-6-4-5-9(14)8(10)3/h4-7,11H,1-3H3,(H,17,18)(H2,15,16,19)/t11-/m0/s1. The number of aliphatic carboxylic acids is 1. The summed E-state index contributed by atoms with van der Waals surface area (Å²) in [5, 5.41) is 14.5. The Kier molecular flexibility index (Phi) is 5.18. The fourth-order valence-corrected chi connectivity index (χ4v) is 1.73. The highest BCUT2D eigenvalue weighted by Gasteiger charge is 2.23. The topological polar surface area (TPSA) is 78.4 Å². The second-order valence-corrected chi connectivity index (χ2v) is 4.98. The molecule has 0 aromatic heterocycles. The molecule has 6 heteroatoms. The van der Waals surface area contributed by atoms with Crippen molar-refractivity contribution in [1.82, 2.24) is 5.32 Å². The van der Waals surface area contributed by atoms with E-state index < -0.39 is 18.0 Å². The van der Waals surface area contributed by atoms with Crippen LogP contribution in [0.1, 0.15) is 19.4 Å². The van der Waals surface area contributed by atoms with Gasteiger partial charge in [-0.25, -0.2) is 9.59 Å². The minimum Gasteiger partial charge on any atom is -0.480 e. The first-order chi connectivity index (χ1) is 8.82. The van der Waals surface area contributed by atoms with Gasteiger partial charge in [-0.2, -0.15) is 0 Å². The van der Waals surface area contributed by atoms with Crippen LogP contribution in [0.3, 0.4) is 0 Å². The van der Waals surface area contributed by atoms with Crippen LogP contribution in [-0.4, -0.2) is 23.1 Å². The highest BCUT2D eigenvalue weighted by Crippen LogP contribution is 2.22. The summed E-state index contributed by atoms with van der Waals surface area (Å²) in [6.45, 7) is 5.22. The third-order valence-electron chi connectivity index (χ3n) is 2.74. The van der Waals surface area contributed by atoms with Crippen molar-refractivity contribution in [3.8, 4) is 0 Å². The predicted octanol–water partition coefficient (Wildman–Crippen LogP) is 2.88. The van der Waals surface area contributed by atoms with Gasteiger partial charge in [-0.1, -0.05) is 31.5 Å². The van der Waals surface area contributed by atoms with Crippen LogP contribution in [0.5, 0.6) is 0 Å². The summed E-state index contributed by atoms with van der Waals surface area (Å²) in [6, 6.07) is 3.63. The van der Waals surface area contributed by atoms with Crippen molar-refractivity contribution in [2.24, 2.45) is 5.92 Å². The van der Waals surface area contributed by atoms with Gasteiger partial charge in [0, 0.05) is 10.7 Å². The molecule has 0 aliphatic heterocycles. The Balaban J connectivity index is 2.75. The van der Waals surface area contributed by atoms with Gasteiger partial charge in [0.1, 0.15) is 6.04 Å². The number of halogens is 1. The zero-order valence-corrected chi connectivity index (χ0v) is 11.8. The number of carbonyl (C=O) groups excluding carboxylic acids is 1. The van der Waals surface area contributed by atoms with E-state index in [1.54, 1.807) is 39.0 Å². The molecule has 0 heterocycles. The summed E-state index contributed by atoms with van der Waals surface area (Å²) >= 11 is 5.94. The normalized spacial score (nSPS) is 12.1. The summed E-state index contributed by atoms with van der Waals surface area (Å²) in [6.07, 6.45) is 0. The number of amides is 2. The Morgan fingerprint density at radius 2 is 1.95 bits per heavy atom. The fourth-order valence-electron chi connectivity index (χ4n) is 1.56. The summed E-state index contributed by atoms with van der Waals surface area (Å²) in [7, 11) is 0. The van der Waals surface area contributed by atoms with Gasteiger partial charge >= 0.3 is 12.0 Å². The van der Waals surface area contributed by atoms with Gasteiger partial charge in [0.2, 0.25) is 0 Å². The number of carbonyl (C=O) groups is 2. The minimum absolute atomic E-state index is 0.205. The number of carboxylic acid groups (broad SMARTS) is 1. The van der Waals surface area contributed by atoms with Crippen molar-refractivity contribution < 1.29 is 14.7 Å². The lowest BCUT2D eigenvalue weighted by atomic mass is 10.1. The maximum atomic E-state index is 11.8. The summed E-state index contributed by atoms with van der Waals surface area (Å²) < 4.78 is 0. The Hall–Kier alpha value is -1.75. The summed E-state index contributed by atoms with van der Waals surface area (Å²) in [4.78, 5) is 22.8. The second-order valence-electron chi connectivity index (χ2n) is 4.57. The first kappa shape index (κ1) is 15.3. The van der Waals surface area contributed by atoms with Crippen LogP contribution < -0.4 is 10.6 Å². The van der Waals surface area contributed by atoms with Crippen LogP contribution in [0.25, 0.3) is 0 Å². The van der Waals surface area contributed by atoms with E-state index in [0.29, 0.717) is 10.7 Å². The van der Waals surface area contributed by atoms with Gasteiger partial charge < -0.3 is 15.7 Å². The molecule has 2 amide bonds. The van der Waals surface area contributed by atoms with Gasteiger partial charge in [0.15, 0.2) is 0 Å². The van der Waals surface area contributed by atoms with Crippen LogP contribution in [-0.2, 0) is 4.79 Å². The maximum absolute atomic E-state index is 11.8. The van der Waals surface area contributed by atoms with Crippen molar-refractivity contribution in [3.05, 3.63) is 28.8 Å². The number of carboxylic acids is 1. The van der Waals surface area contributed by atoms with E-state index >= 15 is 0 Å². The zero-order chi connectivity index (χ0) is 14.6. The molecule has 0 aliphatic rings. The highest BCUT2D eigenvalue weighted by molar-refractivity contribution is 6.31. The van der Waals surface area contributed by atoms with E-state index in [0.717, 1.165) is 5.56 Å². The van der Waals surface area contributed by atoms with Crippen molar-refractivity contribution in [3.63, 3.8) is 0 Å². The number of rotatable bonds is 4. The average molecular weight is 285 g/mol. The largest absolute Gasteiger partial charge is 0.480 e. The van der Waals surface area contributed by atoms with E-state index in [1.165, 1.54) is 0 Å². The zero-order valence-electron chi connectivity index (χ0n) is 11.0. The van der Waals surface area contributed by atoms with Gasteiger partial charge in [0.25, 0.3) is 0 Å². The molecular formula is C13H17ClN2O3. The van der Waals surface area contributed by atoms with Crippen LogP contribution in [0.2, 0.25) is 5.02 Å². The first-order valence-corrected chi connectivity index (χ1v) is 6.26. The molecule has 5 nitrogen and oxygen atoms in total. The maximum Gasteiger partial charge on any atom is 0.326 e. The average Bonchev–Trinajstić information content (AvgIpc) is 2.31. The lowest BCUT2D eigenvalue weighted by Crippen LogP contribution is -2.46. The van der Waals surface area contributed by atoms with E-state index in [-0.39, 0.29) is 5.92 Å². The number of anilines is 1. The molecule has 0 fully saturated rings. The predicted molar refractivity (Wildman–Crippen MR) is 74.6 cm³/mol. The van der Waals surface area contributed by atoms with Gasteiger partial charge in [0.05, 0.1) is 0 Å². The third-order valence-corrected chi connectivity index (χ3v) is 3.14. The lowest BCUT2D eigenvalue weighted by Gasteiger charge is -2.18. The van der Waals surface area contributed by atoms with Gasteiger partial charge in [-0.15, -0.1) is 0 Å². The molecule has 0 saturated carbocycles. The van der Waals surface area contributed by atoms with Gasteiger partial charge in [-0.3, -0.25) is 0 Å². The monoisotopic (exact) mass is 284 g/mol. The van der Waals surface area contributed by atoms with Crippen molar-refractivity contribution >= 4 is 29.3 Å². The molecule has 19 heavy (non-hydrogen) atoms. The molecule has 0 radical (unpaired) electrons. The smallest absolute Gasteiger partial charge is 0.326 e. The molecule has 0 spiro atoms.